The van der Waals surface area contributed by atoms with Gasteiger partial charge in [-0.25, -0.2) is 4.39 Å². The van der Waals surface area contributed by atoms with Crippen LogP contribution in [0.2, 0.25) is 0 Å². The Morgan fingerprint density at radius 1 is 0.957 bits per heavy atom. The van der Waals surface area contributed by atoms with E-state index in [0.29, 0.717) is 26.1 Å². The standard InChI is InChI=1S/C16H24FN3O3/c17-16(15(23)19-7-1-2-8-19)5-10-18(11-6-16)14(22)12-20-9-3-4-13(20)21/h1-12H2. The van der Waals surface area contributed by atoms with Gasteiger partial charge in [0.15, 0.2) is 5.67 Å². The summed E-state index contributed by atoms with van der Waals surface area (Å²) in [5.41, 5.74) is -1.83. The highest BCUT2D eigenvalue weighted by Gasteiger charge is 2.45. The van der Waals surface area contributed by atoms with Crippen LogP contribution < -0.4 is 0 Å². The Balaban J connectivity index is 1.52. The summed E-state index contributed by atoms with van der Waals surface area (Å²) >= 11 is 0. The number of alkyl halides is 1. The maximum Gasteiger partial charge on any atom is 0.260 e. The molecule has 3 fully saturated rings. The molecule has 0 aromatic heterocycles. The van der Waals surface area contributed by atoms with E-state index in [2.05, 4.69) is 0 Å². The summed E-state index contributed by atoms with van der Waals surface area (Å²) in [5, 5.41) is 0. The molecule has 7 heteroatoms. The molecule has 0 aliphatic carbocycles. The van der Waals surface area contributed by atoms with E-state index in [4.69, 9.17) is 0 Å². The van der Waals surface area contributed by atoms with Gasteiger partial charge < -0.3 is 14.7 Å². The van der Waals surface area contributed by atoms with E-state index in [-0.39, 0.29) is 44.3 Å². The van der Waals surface area contributed by atoms with Gasteiger partial charge in [0, 0.05) is 52.0 Å². The first kappa shape index (κ1) is 16.2. The van der Waals surface area contributed by atoms with Crippen LogP contribution in [0.1, 0.15) is 38.5 Å². The first-order chi connectivity index (χ1) is 11.0. The van der Waals surface area contributed by atoms with Gasteiger partial charge in [-0.3, -0.25) is 14.4 Å². The topological polar surface area (TPSA) is 60.9 Å². The zero-order chi connectivity index (χ0) is 16.4. The highest BCUT2D eigenvalue weighted by Crippen LogP contribution is 2.30. The number of piperidine rings is 1. The van der Waals surface area contributed by atoms with Crippen LogP contribution in [0, 0.1) is 0 Å². The predicted molar refractivity (Wildman–Crippen MR) is 81.3 cm³/mol. The molecule has 0 unspecified atom stereocenters. The molecule has 3 saturated heterocycles. The van der Waals surface area contributed by atoms with E-state index in [0.717, 1.165) is 19.3 Å². The van der Waals surface area contributed by atoms with Crippen molar-refractivity contribution in [2.75, 3.05) is 39.3 Å². The lowest BCUT2D eigenvalue weighted by Gasteiger charge is -2.37. The van der Waals surface area contributed by atoms with Gasteiger partial charge in [0.05, 0.1) is 6.54 Å². The number of amides is 3. The third-order valence-corrected chi connectivity index (χ3v) is 5.18. The fourth-order valence-electron chi connectivity index (χ4n) is 3.66. The Morgan fingerprint density at radius 3 is 2.17 bits per heavy atom. The van der Waals surface area contributed by atoms with Crippen molar-refractivity contribution in [3.63, 3.8) is 0 Å². The molecular formula is C16H24FN3O3. The summed E-state index contributed by atoms with van der Waals surface area (Å²) in [5.74, 6) is -0.535. The maximum absolute atomic E-state index is 14.9. The highest BCUT2D eigenvalue weighted by atomic mass is 19.1. The zero-order valence-electron chi connectivity index (χ0n) is 13.4. The van der Waals surface area contributed by atoms with Gasteiger partial charge in [0.2, 0.25) is 11.8 Å². The average Bonchev–Trinajstić information content (AvgIpc) is 3.20. The van der Waals surface area contributed by atoms with Crippen LogP contribution in [0.4, 0.5) is 4.39 Å². The fourth-order valence-corrected chi connectivity index (χ4v) is 3.66. The van der Waals surface area contributed by atoms with Gasteiger partial charge in [-0.1, -0.05) is 0 Å². The number of hydrogen-bond donors (Lipinski definition) is 0. The molecule has 128 valence electrons. The van der Waals surface area contributed by atoms with Crippen molar-refractivity contribution in [2.24, 2.45) is 0 Å². The van der Waals surface area contributed by atoms with Crippen LogP contribution in [0.5, 0.6) is 0 Å². The monoisotopic (exact) mass is 325 g/mol. The second-order valence-electron chi connectivity index (χ2n) is 6.76. The SMILES string of the molecule is O=C(CN1CCCC1=O)N1CCC(F)(C(=O)N2CCCC2)CC1. The van der Waals surface area contributed by atoms with Crippen molar-refractivity contribution in [2.45, 2.75) is 44.2 Å². The second kappa shape index (κ2) is 6.45. The van der Waals surface area contributed by atoms with Crippen LogP contribution in [0.25, 0.3) is 0 Å². The molecule has 6 nitrogen and oxygen atoms in total. The largest absolute Gasteiger partial charge is 0.341 e. The van der Waals surface area contributed by atoms with Gasteiger partial charge in [0.25, 0.3) is 5.91 Å². The smallest absolute Gasteiger partial charge is 0.260 e. The number of carbonyl (C=O) groups is 3. The lowest BCUT2D eigenvalue weighted by molar-refractivity contribution is -0.150. The number of rotatable bonds is 3. The Morgan fingerprint density at radius 2 is 1.61 bits per heavy atom. The molecule has 3 amide bonds. The molecule has 0 bridgehead atoms. The van der Waals surface area contributed by atoms with Crippen LogP contribution in [-0.2, 0) is 14.4 Å². The van der Waals surface area contributed by atoms with Gasteiger partial charge in [0.1, 0.15) is 0 Å². The average molecular weight is 325 g/mol. The van der Waals surface area contributed by atoms with Gasteiger partial charge in [-0.15, -0.1) is 0 Å². The number of carbonyl (C=O) groups excluding carboxylic acids is 3. The summed E-state index contributed by atoms with van der Waals surface area (Å²) in [4.78, 5) is 40.9. The van der Waals surface area contributed by atoms with E-state index in [1.165, 1.54) is 0 Å². The Kier molecular flexibility index (Phi) is 4.55. The first-order valence-corrected chi connectivity index (χ1v) is 8.53. The molecule has 3 rings (SSSR count). The molecule has 0 aromatic carbocycles. The van der Waals surface area contributed by atoms with E-state index in [1.54, 1.807) is 14.7 Å². The Labute approximate surface area is 135 Å². The number of nitrogens with zero attached hydrogens (tertiary/aromatic N) is 3. The van der Waals surface area contributed by atoms with Crippen molar-refractivity contribution < 1.29 is 18.8 Å². The van der Waals surface area contributed by atoms with Crippen LogP contribution >= 0.6 is 0 Å². The van der Waals surface area contributed by atoms with Crippen molar-refractivity contribution in [1.29, 1.82) is 0 Å². The molecule has 3 heterocycles. The normalized spacial score (nSPS) is 24.4. The van der Waals surface area contributed by atoms with Crippen molar-refractivity contribution >= 4 is 17.7 Å². The van der Waals surface area contributed by atoms with Gasteiger partial charge in [-0.05, 0) is 19.3 Å². The molecule has 0 atom stereocenters. The molecular weight excluding hydrogens is 301 g/mol. The van der Waals surface area contributed by atoms with E-state index in [9.17, 15) is 18.8 Å². The molecule has 23 heavy (non-hydrogen) atoms. The lowest BCUT2D eigenvalue weighted by Crippen LogP contribution is -2.54. The summed E-state index contributed by atoms with van der Waals surface area (Å²) in [7, 11) is 0. The molecule has 3 aliphatic rings. The highest BCUT2D eigenvalue weighted by molar-refractivity contribution is 5.87. The minimum absolute atomic E-state index is 0.0133. The summed E-state index contributed by atoms with van der Waals surface area (Å²) in [6.07, 6.45) is 3.30. The third kappa shape index (κ3) is 3.33. The Bertz CT molecular complexity index is 497. The van der Waals surface area contributed by atoms with Crippen molar-refractivity contribution in [3.05, 3.63) is 0 Å². The molecule has 0 radical (unpaired) electrons. The number of halogens is 1. The summed E-state index contributed by atoms with van der Waals surface area (Å²) in [6.45, 7) is 2.49. The lowest BCUT2D eigenvalue weighted by atomic mass is 9.91. The van der Waals surface area contributed by atoms with Gasteiger partial charge in [-0.2, -0.15) is 0 Å². The Hall–Kier alpha value is -1.66. The molecule has 0 saturated carbocycles. The number of hydrogen-bond acceptors (Lipinski definition) is 3. The van der Waals surface area contributed by atoms with E-state index >= 15 is 0 Å². The van der Waals surface area contributed by atoms with E-state index in [1.807, 2.05) is 0 Å². The van der Waals surface area contributed by atoms with Crippen molar-refractivity contribution in [3.8, 4) is 0 Å². The first-order valence-electron chi connectivity index (χ1n) is 8.53. The van der Waals surface area contributed by atoms with Crippen LogP contribution in [-0.4, -0.2) is 77.4 Å². The van der Waals surface area contributed by atoms with Crippen LogP contribution in [0.15, 0.2) is 0 Å². The van der Waals surface area contributed by atoms with Crippen molar-refractivity contribution in [1.82, 2.24) is 14.7 Å². The zero-order valence-corrected chi connectivity index (χ0v) is 13.4. The minimum atomic E-state index is -1.83. The van der Waals surface area contributed by atoms with Crippen LogP contribution in [0.3, 0.4) is 0 Å². The molecule has 0 spiro atoms. The summed E-state index contributed by atoms with van der Waals surface area (Å²) in [6, 6.07) is 0. The molecule has 0 aromatic rings. The fraction of sp³-hybridized carbons (Fsp3) is 0.812. The third-order valence-electron chi connectivity index (χ3n) is 5.18. The van der Waals surface area contributed by atoms with E-state index < -0.39 is 11.6 Å². The van der Waals surface area contributed by atoms with Gasteiger partial charge >= 0.3 is 0 Å². The minimum Gasteiger partial charge on any atom is -0.341 e. The predicted octanol–water partition coefficient (Wildman–Crippen LogP) is 0.562. The quantitative estimate of drug-likeness (QED) is 0.762. The summed E-state index contributed by atoms with van der Waals surface area (Å²) < 4.78 is 14.9. The second-order valence-corrected chi connectivity index (χ2v) is 6.76. The number of likely N-dealkylation sites (tertiary alicyclic amines) is 3. The molecule has 3 aliphatic heterocycles. The molecule has 0 N–H and O–H groups in total. The maximum atomic E-state index is 14.9.